The fourth-order valence-corrected chi connectivity index (χ4v) is 2.75. The Morgan fingerprint density at radius 2 is 1.85 bits per heavy atom. The summed E-state index contributed by atoms with van der Waals surface area (Å²) in [6, 6.07) is 10.5. The summed E-state index contributed by atoms with van der Waals surface area (Å²) in [5.41, 5.74) is 1.62. The van der Waals surface area contributed by atoms with Crippen molar-refractivity contribution in [2.45, 2.75) is 19.5 Å². The van der Waals surface area contributed by atoms with Crippen molar-refractivity contribution in [3.63, 3.8) is 0 Å². The molecule has 0 aliphatic rings. The highest BCUT2D eigenvalue weighted by Crippen LogP contribution is 2.28. The molecular formula is C15H14Cl3NO. The molecule has 2 N–H and O–H groups in total. The van der Waals surface area contributed by atoms with Gasteiger partial charge in [0, 0.05) is 33.2 Å². The Balaban J connectivity index is 2.11. The van der Waals surface area contributed by atoms with Gasteiger partial charge in [0.25, 0.3) is 0 Å². The molecule has 20 heavy (non-hydrogen) atoms. The van der Waals surface area contributed by atoms with Crippen LogP contribution in [0.25, 0.3) is 0 Å². The third kappa shape index (κ3) is 3.58. The average Bonchev–Trinajstić information content (AvgIpc) is 2.37. The van der Waals surface area contributed by atoms with E-state index in [0.717, 1.165) is 5.56 Å². The van der Waals surface area contributed by atoms with Crippen LogP contribution >= 0.6 is 34.8 Å². The highest BCUT2D eigenvalue weighted by atomic mass is 35.5. The van der Waals surface area contributed by atoms with Gasteiger partial charge in [-0.2, -0.15) is 0 Å². The van der Waals surface area contributed by atoms with Gasteiger partial charge in [0.05, 0.1) is 0 Å². The van der Waals surface area contributed by atoms with Crippen molar-refractivity contribution >= 4 is 34.8 Å². The summed E-state index contributed by atoms with van der Waals surface area (Å²) in [6.45, 7) is 2.44. The molecule has 0 saturated carbocycles. The van der Waals surface area contributed by atoms with Crippen molar-refractivity contribution in [1.29, 1.82) is 0 Å². The van der Waals surface area contributed by atoms with E-state index in [9.17, 15) is 5.11 Å². The Morgan fingerprint density at radius 1 is 1.10 bits per heavy atom. The van der Waals surface area contributed by atoms with E-state index in [1.54, 1.807) is 30.3 Å². The Hall–Kier alpha value is -0.930. The number of hydrogen-bond acceptors (Lipinski definition) is 2. The van der Waals surface area contributed by atoms with E-state index in [0.29, 0.717) is 27.2 Å². The molecule has 0 aromatic heterocycles. The molecule has 2 aromatic carbocycles. The maximum atomic E-state index is 9.80. The molecule has 5 heteroatoms. The number of halogens is 3. The third-order valence-corrected chi connectivity index (χ3v) is 4.02. The van der Waals surface area contributed by atoms with Crippen LogP contribution in [-0.4, -0.2) is 5.11 Å². The summed E-state index contributed by atoms with van der Waals surface area (Å²) in [5.74, 6) is 0.180. The van der Waals surface area contributed by atoms with Crippen molar-refractivity contribution in [3.8, 4) is 5.75 Å². The molecule has 0 heterocycles. The van der Waals surface area contributed by atoms with E-state index in [2.05, 4.69) is 5.32 Å². The number of benzene rings is 2. The van der Waals surface area contributed by atoms with Gasteiger partial charge in [0.1, 0.15) is 5.75 Å². The second-order valence-corrected chi connectivity index (χ2v) is 5.76. The maximum absolute atomic E-state index is 9.80. The molecule has 1 atom stereocenters. The zero-order chi connectivity index (χ0) is 14.7. The molecular weight excluding hydrogens is 317 g/mol. The normalized spacial score (nSPS) is 12.4. The molecule has 0 aliphatic heterocycles. The minimum Gasteiger partial charge on any atom is -0.508 e. The maximum Gasteiger partial charge on any atom is 0.121 e. The van der Waals surface area contributed by atoms with Gasteiger partial charge in [0.15, 0.2) is 0 Å². The zero-order valence-electron chi connectivity index (χ0n) is 10.8. The van der Waals surface area contributed by atoms with Crippen LogP contribution in [0.15, 0.2) is 36.4 Å². The first-order chi connectivity index (χ1) is 9.49. The van der Waals surface area contributed by atoms with Gasteiger partial charge in [-0.05, 0) is 36.8 Å². The standard InChI is InChI=1S/C15H14Cl3NO/c1-9(11-6-5-10(16)7-14(11)18)19-8-12-13(17)3-2-4-15(12)20/h2-7,9,19-20H,8H2,1H3. The van der Waals surface area contributed by atoms with Crippen molar-refractivity contribution < 1.29 is 5.11 Å². The Kier molecular flexibility index (Phi) is 5.17. The first-order valence-corrected chi connectivity index (χ1v) is 7.27. The lowest BCUT2D eigenvalue weighted by Gasteiger charge is -2.17. The number of phenolic OH excluding ortho intramolecular Hbond substituents is 1. The molecule has 0 amide bonds. The molecule has 0 spiro atoms. The van der Waals surface area contributed by atoms with E-state index in [1.807, 2.05) is 13.0 Å². The zero-order valence-corrected chi connectivity index (χ0v) is 13.1. The predicted octanol–water partition coefficient (Wildman–Crippen LogP) is 5.20. The largest absolute Gasteiger partial charge is 0.508 e. The molecule has 1 unspecified atom stereocenters. The second kappa shape index (κ2) is 6.68. The van der Waals surface area contributed by atoms with Gasteiger partial charge in [-0.1, -0.05) is 46.9 Å². The van der Waals surface area contributed by atoms with Gasteiger partial charge in [-0.3, -0.25) is 0 Å². The molecule has 106 valence electrons. The van der Waals surface area contributed by atoms with E-state index in [-0.39, 0.29) is 11.8 Å². The molecule has 2 rings (SSSR count). The van der Waals surface area contributed by atoms with Crippen LogP contribution in [-0.2, 0) is 6.54 Å². The highest BCUT2D eigenvalue weighted by molar-refractivity contribution is 6.35. The first kappa shape index (κ1) is 15.5. The van der Waals surface area contributed by atoms with Gasteiger partial charge < -0.3 is 10.4 Å². The highest BCUT2D eigenvalue weighted by Gasteiger charge is 2.12. The molecule has 0 bridgehead atoms. The summed E-state index contributed by atoms with van der Waals surface area (Å²) in [6.07, 6.45) is 0. The van der Waals surface area contributed by atoms with Crippen molar-refractivity contribution in [1.82, 2.24) is 5.32 Å². The fourth-order valence-electron chi connectivity index (χ4n) is 1.94. The predicted molar refractivity (Wildman–Crippen MR) is 84.8 cm³/mol. The lowest BCUT2D eigenvalue weighted by atomic mass is 10.1. The second-order valence-electron chi connectivity index (χ2n) is 4.51. The van der Waals surface area contributed by atoms with Crippen LogP contribution in [0, 0.1) is 0 Å². The Labute approximate surface area is 133 Å². The molecule has 2 nitrogen and oxygen atoms in total. The SMILES string of the molecule is CC(NCc1c(O)cccc1Cl)c1ccc(Cl)cc1Cl. The van der Waals surface area contributed by atoms with Crippen LogP contribution in [0.1, 0.15) is 24.1 Å². The molecule has 0 radical (unpaired) electrons. The lowest BCUT2D eigenvalue weighted by Crippen LogP contribution is -2.18. The van der Waals surface area contributed by atoms with E-state index in [4.69, 9.17) is 34.8 Å². The number of rotatable bonds is 4. The van der Waals surface area contributed by atoms with Crippen molar-refractivity contribution in [3.05, 3.63) is 62.6 Å². The molecule has 0 aliphatic carbocycles. The number of nitrogens with one attached hydrogen (secondary N) is 1. The van der Waals surface area contributed by atoms with Crippen LogP contribution < -0.4 is 5.32 Å². The Bertz CT molecular complexity index is 596. The minimum atomic E-state index is 0.00967. The number of phenols is 1. The fraction of sp³-hybridized carbons (Fsp3) is 0.200. The summed E-state index contributed by atoms with van der Waals surface area (Å²) < 4.78 is 0. The quantitative estimate of drug-likeness (QED) is 0.807. The minimum absolute atomic E-state index is 0.00967. The molecule has 2 aromatic rings. The van der Waals surface area contributed by atoms with Crippen LogP contribution in [0.5, 0.6) is 5.75 Å². The monoisotopic (exact) mass is 329 g/mol. The summed E-state index contributed by atoms with van der Waals surface area (Å²) in [4.78, 5) is 0. The van der Waals surface area contributed by atoms with E-state index >= 15 is 0 Å². The Morgan fingerprint density at radius 3 is 2.50 bits per heavy atom. The lowest BCUT2D eigenvalue weighted by molar-refractivity contribution is 0.460. The van der Waals surface area contributed by atoms with Gasteiger partial charge in [-0.15, -0.1) is 0 Å². The van der Waals surface area contributed by atoms with E-state index in [1.165, 1.54) is 0 Å². The van der Waals surface area contributed by atoms with Crippen LogP contribution in [0.4, 0.5) is 0 Å². The molecule has 0 saturated heterocycles. The van der Waals surface area contributed by atoms with Gasteiger partial charge in [-0.25, -0.2) is 0 Å². The van der Waals surface area contributed by atoms with Gasteiger partial charge >= 0.3 is 0 Å². The van der Waals surface area contributed by atoms with Crippen molar-refractivity contribution in [2.24, 2.45) is 0 Å². The average molecular weight is 331 g/mol. The summed E-state index contributed by atoms with van der Waals surface area (Å²) in [5, 5.41) is 14.8. The molecule has 0 fully saturated rings. The summed E-state index contributed by atoms with van der Waals surface area (Å²) in [7, 11) is 0. The smallest absolute Gasteiger partial charge is 0.121 e. The van der Waals surface area contributed by atoms with Gasteiger partial charge in [0.2, 0.25) is 0 Å². The van der Waals surface area contributed by atoms with Crippen LogP contribution in [0.2, 0.25) is 15.1 Å². The summed E-state index contributed by atoms with van der Waals surface area (Å²) >= 11 is 18.1. The first-order valence-electron chi connectivity index (χ1n) is 6.13. The number of aromatic hydroxyl groups is 1. The third-order valence-electron chi connectivity index (χ3n) is 3.11. The topological polar surface area (TPSA) is 32.3 Å². The van der Waals surface area contributed by atoms with Crippen molar-refractivity contribution in [2.75, 3.05) is 0 Å². The van der Waals surface area contributed by atoms with Crippen LogP contribution in [0.3, 0.4) is 0 Å². The number of hydrogen-bond donors (Lipinski definition) is 2. The van der Waals surface area contributed by atoms with E-state index < -0.39 is 0 Å².